The molecule has 3 rings (SSSR count). The van der Waals surface area contributed by atoms with Crippen LogP contribution in [0, 0.1) is 0 Å². The fraction of sp³-hybridized carbons (Fsp3) is 0.250. The highest BCUT2D eigenvalue weighted by Crippen LogP contribution is 2.28. The number of pyridine rings is 1. The van der Waals surface area contributed by atoms with Gasteiger partial charge in [0, 0.05) is 41.2 Å². The molecule has 1 aliphatic heterocycles. The first-order valence-corrected chi connectivity index (χ1v) is 7.72. The Morgan fingerprint density at radius 1 is 1.29 bits per heavy atom. The van der Waals surface area contributed by atoms with Crippen LogP contribution in [0.25, 0.3) is 0 Å². The summed E-state index contributed by atoms with van der Waals surface area (Å²) in [6, 6.07) is 10.2. The Morgan fingerprint density at radius 3 is 2.95 bits per heavy atom. The van der Waals surface area contributed by atoms with Crippen LogP contribution in [0.3, 0.4) is 0 Å². The van der Waals surface area contributed by atoms with Gasteiger partial charge in [0.05, 0.1) is 5.71 Å². The van der Waals surface area contributed by atoms with Crippen molar-refractivity contribution in [3.05, 3.63) is 58.3 Å². The second-order valence-electron chi connectivity index (χ2n) is 5.10. The lowest BCUT2D eigenvalue weighted by Crippen LogP contribution is -2.23. The fourth-order valence-corrected chi connectivity index (χ4v) is 3.13. The van der Waals surface area contributed by atoms with Crippen LogP contribution in [0.2, 0.25) is 0 Å². The Bertz CT molecular complexity index is 672. The number of nitrogens with zero attached hydrogens (tertiary/aromatic N) is 3. The van der Waals surface area contributed by atoms with Crippen molar-refractivity contribution in [2.24, 2.45) is 5.16 Å². The van der Waals surface area contributed by atoms with Crippen LogP contribution >= 0.6 is 15.9 Å². The highest BCUT2D eigenvalue weighted by Gasteiger charge is 2.19. The number of benzene rings is 1. The monoisotopic (exact) mass is 345 g/mol. The molecule has 1 aromatic heterocycles. The molecule has 2 aromatic rings. The topological polar surface area (TPSA) is 48.7 Å². The maximum atomic E-state index is 9.23. The molecule has 0 radical (unpaired) electrons. The van der Waals surface area contributed by atoms with E-state index in [2.05, 4.69) is 43.1 Å². The molecule has 1 N–H and O–H groups in total. The van der Waals surface area contributed by atoms with Crippen molar-refractivity contribution in [1.82, 2.24) is 4.98 Å². The number of aromatic nitrogens is 1. The van der Waals surface area contributed by atoms with E-state index in [0.29, 0.717) is 0 Å². The first-order valence-electron chi connectivity index (χ1n) is 6.92. The van der Waals surface area contributed by atoms with Crippen LogP contribution in [0.5, 0.6) is 0 Å². The lowest BCUT2D eigenvalue weighted by molar-refractivity contribution is 0.318. The smallest absolute Gasteiger partial charge is 0.0889 e. The number of anilines is 1. The van der Waals surface area contributed by atoms with Crippen LogP contribution in [0.4, 0.5) is 5.69 Å². The van der Waals surface area contributed by atoms with Gasteiger partial charge in [-0.2, -0.15) is 0 Å². The van der Waals surface area contributed by atoms with Gasteiger partial charge < -0.3 is 10.1 Å². The highest BCUT2D eigenvalue weighted by molar-refractivity contribution is 9.10. The van der Waals surface area contributed by atoms with Gasteiger partial charge >= 0.3 is 0 Å². The van der Waals surface area contributed by atoms with Gasteiger partial charge in [0.1, 0.15) is 0 Å². The number of hydrogen-bond donors (Lipinski definition) is 1. The molecule has 0 saturated heterocycles. The quantitative estimate of drug-likeness (QED) is 0.664. The Kier molecular flexibility index (Phi) is 4.20. The van der Waals surface area contributed by atoms with Crippen LogP contribution in [-0.4, -0.2) is 22.4 Å². The van der Waals surface area contributed by atoms with E-state index >= 15 is 0 Å². The second-order valence-corrected chi connectivity index (χ2v) is 6.02. The van der Waals surface area contributed by atoms with Crippen LogP contribution in [0.15, 0.2) is 52.4 Å². The molecular weight excluding hydrogens is 330 g/mol. The minimum atomic E-state index is 0.764. The number of oxime groups is 1. The van der Waals surface area contributed by atoms with Crippen molar-refractivity contribution >= 4 is 27.3 Å². The van der Waals surface area contributed by atoms with Crippen LogP contribution in [-0.2, 0) is 6.54 Å². The molecule has 0 fully saturated rings. The molecule has 4 nitrogen and oxygen atoms in total. The molecule has 108 valence electrons. The Hall–Kier alpha value is -1.88. The van der Waals surface area contributed by atoms with Crippen molar-refractivity contribution in [3.63, 3.8) is 0 Å². The third-order valence-electron chi connectivity index (χ3n) is 3.65. The number of para-hydroxylation sites is 1. The summed E-state index contributed by atoms with van der Waals surface area (Å²) in [5.41, 5.74) is 4.05. The number of halogens is 1. The normalized spacial score (nSPS) is 16.6. The van der Waals surface area contributed by atoms with Gasteiger partial charge in [-0.05, 0) is 46.5 Å². The molecule has 0 bridgehead atoms. The molecule has 5 heteroatoms. The van der Waals surface area contributed by atoms with Gasteiger partial charge in [0.25, 0.3) is 0 Å². The summed E-state index contributed by atoms with van der Waals surface area (Å²) in [6.45, 7) is 1.73. The highest BCUT2D eigenvalue weighted by atomic mass is 79.9. The zero-order chi connectivity index (χ0) is 14.7. The second kappa shape index (κ2) is 6.26. The molecule has 0 spiro atoms. The van der Waals surface area contributed by atoms with Crippen LogP contribution < -0.4 is 4.90 Å². The third kappa shape index (κ3) is 3.08. The number of hydrogen-bond acceptors (Lipinski definition) is 4. The predicted molar refractivity (Wildman–Crippen MR) is 87.0 cm³/mol. The average Bonchev–Trinajstić information content (AvgIpc) is 2.67. The third-order valence-corrected chi connectivity index (χ3v) is 4.09. The summed E-state index contributed by atoms with van der Waals surface area (Å²) < 4.78 is 0.987. The molecule has 0 unspecified atom stereocenters. The van der Waals surface area contributed by atoms with E-state index < -0.39 is 0 Å². The van der Waals surface area contributed by atoms with Gasteiger partial charge in [0.2, 0.25) is 0 Å². The molecule has 21 heavy (non-hydrogen) atoms. The van der Waals surface area contributed by atoms with Crippen molar-refractivity contribution in [1.29, 1.82) is 0 Å². The first-order chi connectivity index (χ1) is 10.3. The maximum absolute atomic E-state index is 9.23. The minimum absolute atomic E-state index is 0.764. The van der Waals surface area contributed by atoms with Crippen molar-refractivity contribution < 1.29 is 5.21 Å². The minimum Gasteiger partial charge on any atom is -0.411 e. The van der Waals surface area contributed by atoms with E-state index in [0.717, 1.165) is 52.9 Å². The summed E-state index contributed by atoms with van der Waals surface area (Å²) in [6.07, 6.45) is 5.44. The number of rotatable bonds is 2. The predicted octanol–water partition coefficient (Wildman–Crippen LogP) is 3.82. The van der Waals surface area contributed by atoms with Crippen molar-refractivity contribution in [2.75, 3.05) is 11.4 Å². The van der Waals surface area contributed by atoms with Gasteiger partial charge in [-0.3, -0.25) is 4.98 Å². The molecule has 0 saturated carbocycles. The van der Waals surface area contributed by atoms with E-state index in [1.807, 2.05) is 24.4 Å². The van der Waals surface area contributed by atoms with Crippen LogP contribution in [0.1, 0.15) is 24.0 Å². The fourth-order valence-electron chi connectivity index (χ4n) is 2.72. The van der Waals surface area contributed by atoms with E-state index in [1.54, 1.807) is 6.20 Å². The Labute approximate surface area is 132 Å². The zero-order valence-corrected chi connectivity index (χ0v) is 13.1. The van der Waals surface area contributed by atoms with Crippen molar-refractivity contribution in [2.45, 2.75) is 19.4 Å². The first kappa shape index (κ1) is 14.1. The molecule has 0 aliphatic carbocycles. The molecule has 0 atom stereocenters. The number of fused-ring (bicyclic) bond motifs is 1. The summed E-state index contributed by atoms with van der Waals surface area (Å²) in [5.74, 6) is 0. The Balaban J connectivity index is 1.95. The lowest BCUT2D eigenvalue weighted by atomic mass is 10.1. The summed E-state index contributed by atoms with van der Waals surface area (Å²) in [7, 11) is 0. The van der Waals surface area contributed by atoms with E-state index in [1.165, 1.54) is 0 Å². The molecule has 2 heterocycles. The van der Waals surface area contributed by atoms with E-state index in [-0.39, 0.29) is 0 Å². The average molecular weight is 346 g/mol. The zero-order valence-electron chi connectivity index (χ0n) is 11.5. The summed E-state index contributed by atoms with van der Waals surface area (Å²) in [5, 5.41) is 12.7. The molecular formula is C16H16BrN3O. The van der Waals surface area contributed by atoms with Gasteiger partial charge in [0.15, 0.2) is 0 Å². The van der Waals surface area contributed by atoms with Gasteiger partial charge in [-0.25, -0.2) is 0 Å². The van der Waals surface area contributed by atoms with Gasteiger partial charge in [-0.15, -0.1) is 0 Å². The Morgan fingerprint density at radius 2 is 2.14 bits per heavy atom. The van der Waals surface area contributed by atoms with E-state index in [9.17, 15) is 5.21 Å². The SMILES string of the molecule is O/N=C1/CCCN(Cc2cncc(Br)c2)c2ccccc21. The molecule has 0 amide bonds. The summed E-state index contributed by atoms with van der Waals surface area (Å²) >= 11 is 3.46. The van der Waals surface area contributed by atoms with Crippen molar-refractivity contribution in [3.8, 4) is 0 Å². The standard InChI is InChI=1S/C16H16BrN3O/c17-13-8-12(9-18-10-13)11-20-7-3-5-15(19-21)14-4-1-2-6-16(14)20/h1-2,4,6,8-10,21H,3,5,7,11H2/b19-15-. The van der Waals surface area contributed by atoms with E-state index in [4.69, 9.17) is 0 Å². The largest absolute Gasteiger partial charge is 0.411 e. The molecule has 1 aromatic carbocycles. The van der Waals surface area contributed by atoms with Gasteiger partial charge in [-0.1, -0.05) is 23.4 Å². The molecule has 1 aliphatic rings. The maximum Gasteiger partial charge on any atom is 0.0889 e. The summed E-state index contributed by atoms with van der Waals surface area (Å²) in [4.78, 5) is 6.54. The lowest BCUT2D eigenvalue weighted by Gasteiger charge is -2.24.